The van der Waals surface area contributed by atoms with Crippen molar-refractivity contribution in [3.8, 4) is 17.2 Å². The van der Waals surface area contributed by atoms with Crippen LogP contribution >= 0.6 is 11.8 Å². The van der Waals surface area contributed by atoms with Crippen LogP contribution in [-0.4, -0.2) is 49.8 Å². The minimum atomic E-state index is -0.551. The molecule has 2 aromatic carbocycles. The van der Waals surface area contributed by atoms with Gasteiger partial charge in [-0.3, -0.25) is 19.3 Å². The van der Waals surface area contributed by atoms with Gasteiger partial charge in [0.2, 0.25) is 5.91 Å². The van der Waals surface area contributed by atoms with Crippen molar-refractivity contribution in [1.29, 1.82) is 0 Å². The minimum absolute atomic E-state index is 0.179. The first kappa shape index (κ1) is 21.3. The summed E-state index contributed by atoms with van der Waals surface area (Å²) in [7, 11) is 4.48. The van der Waals surface area contributed by atoms with Crippen molar-refractivity contribution < 1.29 is 28.6 Å². The predicted octanol–water partition coefficient (Wildman–Crippen LogP) is 3.39. The summed E-state index contributed by atoms with van der Waals surface area (Å²) < 4.78 is 15.9. The number of para-hydroxylation sites is 1. The Kier molecular flexibility index (Phi) is 6.63. The average Bonchev–Trinajstić information content (AvgIpc) is 3.01. The largest absolute Gasteiger partial charge is 0.496 e. The van der Waals surface area contributed by atoms with Crippen LogP contribution in [0.15, 0.2) is 47.4 Å². The number of rotatable bonds is 7. The van der Waals surface area contributed by atoms with E-state index in [0.29, 0.717) is 28.5 Å². The summed E-state index contributed by atoms with van der Waals surface area (Å²) in [5.41, 5.74) is 1.12. The molecule has 9 heteroatoms. The molecule has 30 heavy (non-hydrogen) atoms. The number of hydrogen-bond donors (Lipinski definition) is 1. The number of ether oxygens (including phenoxy) is 3. The zero-order chi connectivity index (χ0) is 21.7. The maximum atomic E-state index is 12.7. The Labute approximate surface area is 177 Å². The van der Waals surface area contributed by atoms with E-state index in [1.54, 1.807) is 36.4 Å². The van der Waals surface area contributed by atoms with Crippen LogP contribution in [0, 0.1) is 0 Å². The molecular formula is C21H20N2O6S. The van der Waals surface area contributed by atoms with Gasteiger partial charge >= 0.3 is 0 Å². The van der Waals surface area contributed by atoms with Crippen molar-refractivity contribution in [1.82, 2.24) is 4.90 Å². The number of carbonyl (C=O) groups excluding carboxylic acids is 3. The van der Waals surface area contributed by atoms with Crippen LogP contribution in [0.5, 0.6) is 17.2 Å². The first-order chi connectivity index (χ1) is 14.5. The van der Waals surface area contributed by atoms with Gasteiger partial charge < -0.3 is 19.5 Å². The molecule has 3 amide bonds. The number of benzene rings is 2. The summed E-state index contributed by atoms with van der Waals surface area (Å²) in [6, 6.07) is 12.1. The number of nitrogens with zero attached hydrogens (tertiary/aromatic N) is 1. The molecule has 0 bridgehead atoms. The lowest BCUT2D eigenvalue weighted by Crippen LogP contribution is -2.36. The molecule has 8 nitrogen and oxygen atoms in total. The third-order valence-electron chi connectivity index (χ3n) is 4.26. The second-order valence-corrected chi connectivity index (χ2v) is 7.12. The van der Waals surface area contributed by atoms with E-state index in [1.807, 2.05) is 6.07 Å². The summed E-state index contributed by atoms with van der Waals surface area (Å²) in [5, 5.41) is 2.14. The molecular weight excluding hydrogens is 408 g/mol. The number of amides is 3. The molecule has 0 unspecified atom stereocenters. The Morgan fingerprint density at radius 3 is 2.27 bits per heavy atom. The first-order valence-corrected chi connectivity index (χ1v) is 9.68. The zero-order valence-electron chi connectivity index (χ0n) is 16.6. The third kappa shape index (κ3) is 4.57. The molecule has 2 aromatic rings. The average molecular weight is 428 g/mol. The fraction of sp³-hybridized carbons (Fsp3) is 0.190. The second-order valence-electron chi connectivity index (χ2n) is 6.13. The molecule has 1 N–H and O–H groups in total. The smallest absolute Gasteiger partial charge is 0.294 e. The van der Waals surface area contributed by atoms with E-state index in [-0.39, 0.29) is 11.4 Å². The SMILES string of the molecule is COc1cc(OC)c(OC)cc1/C=C1/SC(=O)N(CC(=O)Nc2ccccc2)C1=O. The van der Waals surface area contributed by atoms with Crippen LogP contribution in [0.2, 0.25) is 0 Å². The number of carbonyl (C=O) groups is 3. The van der Waals surface area contributed by atoms with E-state index in [4.69, 9.17) is 14.2 Å². The van der Waals surface area contributed by atoms with Gasteiger partial charge in [0.1, 0.15) is 12.3 Å². The Bertz CT molecular complexity index is 1010. The van der Waals surface area contributed by atoms with Crippen molar-refractivity contribution in [2.75, 3.05) is 33.2 Å². The number of methoxy groups -OCH3 is 3. The minimum Gasteiger partial charge on any atom is -0.496 e. The fourth-order valence-electron chi connectivity index (χ4n) is 2.81. The first-order valence-electron chi connectivity index (χ1n) is 8.87. The van der Waals surface area contributed by atoms with Gasteiger partial charge in [0.05, 0.1) is 26.2 Å². The molecule has 1 aliphatic heterocycles. The maximum Gasteiger partial charge on any atom is 0.294 e. The topological polar surface area (TPSA) is 94.2 Å². The van der Waals surface area contributed by atoms with E-state index in [2.05, 4.69) is 5.32 Å². The van der Waals surface area contributed by atoms with Crippen LogP contribution in [0.3, 0.4) is 0 Å². The van der Waals surface area contributed by atoms with E-state index < -0.39 is 17.1 Å². The lowest BCUT2D eigenvalue weighted by atomic mass is 10.1. The molecule has 1 saturated heterocycles. The van der Waals surface area contributed by atoms with Gasteiger partial charge in [0, 0.05) is 17.3 Å². The monoisotopic (exact) mass is 428 g/mol. The molecule has 156 valence electrons. The Balaban J connectivity index is 1.80. The normalized spacial score (nSPS) is 14.8. The number of hydrogen-bond acceptors (Lipinski definition) is 7. The second kappa shape index (κ2) is 9.36. The van der Waals surface area contributed by atoms with Gasteiger partial charge in [0.25, 0.3) is 11.1 Å². The van der Waals surface area contributed by atoms with E-state index in [0.717, 1.165) is 16.7 Å². The lowest BCUT2D eigenvalue weighted by molar-refractivity contribution is -0.127. The van der Waals surface area contributed by atoms with Crippen LogP contribution in [0.4, 0.5) is 10.5 Å². The molecule has 1 fully saturated rings. The Hall–Kier alpha value is -3.46. The summed E-state index contributed by atoms with van der Waals surface area (Å²) in [6.45, 7) is -0.375. The van der Waals surface area contributed by atoms with E-state index in [1.165, 1.54) is 27.4 Å². The molecule has 0 radical (unpaired) electrons. The number of anilines is 1. The van der Waals surface area contributed by atoms with E-state index >= 15 is 0 Å². The Morgan fingerprint density at radius 1 is 1.00 bits per heavy atom. The molecule has 0 saturated carbocycles. The van der Waals surface area contributed by atoms with Gasteiger partial charge in [-0.05, 0) is 36.0 Å². The molecule has 0 atom stereocenters. The van der Waals surface area contributed by atoms with Gasteiger partial charge in [0.15, 0.2) is 11.5 Å². The lowest BCUT2D eigenvalue weighted by Gasteiger charge is -2.13. The Morgan fingerprint density at radius 2 is 1.63 bits per heavy atom. The van der Waals surface area contributed by atoms with Gasteiger partial charge in [-0.15, -0.1) is 0 Å². The van der Waals surface area contributed by atoms with Crippen molar-refractivity contribution in [2.45, 2.75) is 0 Å². The molecule has 0 aromatic heterocycles. The van der Waals surface area contributed by atoms with Gasteiger partial charge in [-0.25, -0.2) is 0 Å². The van der Waals surface area contributed by atoms with Crippen LogP contribution < -0.4 is 19.5 Å². The van der Waals surface area contributed by atoms with Crippen molar-refractivity contribution in [2.24, 2.45) is 0 Å². The quantitative estimate of drug-likeness (QED) is 0.676. The number of nitrogens with one attached hydrogen (secondary N) is 1. The zero-order valence-corrected chi connectivity index (χ0v) is 17.4. The highest BCUT2D eigenvalue weighted by Crippen LogP contribution is 2.38. The number of imide groups is 1. The number of thioether (sulfide) groups is 1. The highest BCUT2D eigenvalue weighted by molar-refractivity contribution is 8.18. The standard InChI is InChI=1S/C21H20N2O6S/c1-27-15-11-17(29-3)16(28-2)9-13(15)10-18-20(25)23(21(26)30-18)12-19(24)22-14-7-5-4-6-8-14/h4-11H,12H2,1-3H3,(H,22,24)/b18-10+. The van der Waals surface area contributed by atoms with Gasteiger partial charge in [-0.2, -0.15) is 0 Å². The highest BCUT2D eigenvalue weighted by atomic mass is 32.2. The fourth-order valence-corrected chi connectivity index (χ4v) is 3.64. The van der Waals surface area contributed by atoms with Crippen LogP contribution in [0.1, 0.15) is 5.56 Å². The molecule has 0 aliphatic carbocycles. The van der Waals surface area contributed by atoms with Crippen LogP contribution in [0.25, 0.3) is 6.08 Å². The van der Waals surface area contributed by atoms with Crippen LogP contribution in [-0.2, 0) is 9.59 Å². The van der Waals surface area contributed by atoms with Crippen molar-refractivity contribution in [3.05, 3.63) is 52.9 Å². The maximum absolute atomic E-state index is 12.7. The van der Waals surface area contributed by atoms with Crippen molar-refractivity contribution in [3.63, 3.8) is 0 Å². The summed E-state index contributed by atoms with van der Waals surface area (Å²) in [4.78, 5) is 38.4. The summed E-state index contributed by atoms with van der Waals surface area (Å²) in [5.74, 6) is 0.350. The molecule has 1 heterocycles. The van der Waals surface area contributed by atoms with Gasteiger partial charge in [-0.1, -0.05) is 18.2 Å². The molecule has 1 aliphatic rings. The summed E-state index contributed by atoms with van der Waals surface area (Å²) >= 11 is 0.758. The van der Waals surface area contributed by atoms with Crippen molar-refractivity contribution >= 4 is 40.6 Å². The molecule has 0 spiro atoms. The predicted molar refractivity (Wildman–Crippen MR) is 114 cm³/mol. The summed E-state index contributed by atoms with van der Waals surface area (Å²) in [6.07, 6.45) is 1.53. The van der Waals surface area contributed by atoms with E-state index in [9.17, 15) is 14.4 Å². The highest BCUT2D eigenvalue weighted by Gasteiger charge is 2.36. The third-order valence-corrected chi connectivity index (χ3v) is 5.16. The molecule has 3 rings (SSSR count).